The first-order chi connectivity index (χ1) is 8.11. The largest absolute Gasteiger partial charge is 0.542 e. The maximum absolute atomic E-state index is 12.8. The van der Waals surface area contributed by atoms with E-state index in [1.54, 1.807) is 4.90 Å². The van der Waals surface area contributed by atoms with E-state index < -0.39 is 18.2 Å². The second-order valence-corrected chi connectivity index (χ2v) is 4.03. The summed E-state index contributed by atoms with van der Waals surface area (Å²) in [6, 6.07) is 4.94. The third kappa shape index (κ3) is 2.47. The van der Waals surface area contributed by atoms with Gasteiger partial charge < -0.3 is 4.65 Å². The Morgan fingerprint density at radius 1 is 1.41 bits per heavy atom. The maximum atomic E-state index is 12.8. The molecule has 17 heavy (non-hydrogen) atoms. The Hall–Kier alpha value is -1.43. The molecule has 1 aromatic carbocycles. The predicted molar refractivity (Wildman–Crippen MR) is 60.2 cm³/mol. The van der Waals surface area contributed by atoms with Gasteiger partial charge in [-0.25, -0.2) is 8.78 Å². The lowest BCUT2D eigenvalue weighted by Crippen LogP contribution is -2.52. The zero-order valence-electron chi connectivity index (χ0n) is 9.40. The third-order valence-corrected chi connectivity index (χ3v) is 2.84. The first kappa shape index (κ1) is 12.0. The quantitative estimate of drug-likeness (QED) is 0.724. The molecular formula is C11H12BF2NO2. The highest BCUT2D eigenvalue weighted by atomic mass is 19.1. The number of carbonyl (C=O) groups excluding carboxylic acids is 1. The summed E-state index contributed by atoms with van der Waals surface area (Å²) in [6.07, 6.45) is -0.900. The van der Waals surface area contributed by atoms with Crippen LogP contribution in [0.4, 0.5) is 8.78 Å². The van der Waals surface area contributed by atoms with Crippen molar-refractivity contribution in [3.8, 4) is 0 Å². The van der Waals surface area contributed by atoms with Crippen LogP contribution in [0, 0.1) is 5.82 Å². The fourth-order valence-corrected chi connectivity index (χ4v) is 1.92. The number of rotatable bonds is 3. The van der Waals surface area contributed by atoms with Crippen LogP contribution in [-0.4, -0.2) is 38.2 Å². The molecule has 1 aliphatic rings. The molecule has 1 fully saturated rings. The number of benzene rings is 1. The van der Waals surface area contributed by atoms with Crippen LogP contribution in [0.15, 0.2) is 24.3 Å². The van der Waals surface area contributed by atoms with E-state index in [2.05, 4.69) is 0 Å². The standard InChI is InChI=1S/C11H12BF2NO2/c12-17-11(16)10(15-5-9(14)6-15)7-1-3-8(13)4-2-7/h1-4,9-10H,5-6,12H2. The molecule has 0 amide bonds. The normalized spacial score (nSPS) is 18.5. The topological polar surface area (TPSA) is 29.5 Å². The molecule has 0 bridgehead atoms. The summed E-state index contributed by atoms with van der Waals surface area (Å²) < 4.78 is 30.3. The summed E-state index contributed by atoms with van der Waals surface area (Å²) in [7, 11) is 1.28. The van der Waals surface area contributed by atoms with Crippen molar-refractivity contribution in [2.75, 3.05) is 13.1 Å². The van der Waals surface area contributed by atoms with Crippen molar-refractivity contribution in [3.05, 3.63) is 35.6 Å². The Morgan fingerprint density at radius 3 is 2.47 bits per heavy atom. The van der Waals surface area contributed by atoms with Crippen LogP contribution in [0.2, 0.25) is 0 Å². The molecular weight excluding hydrogens is 227 g/mol. The van der Waals surface area contributed by atoms with E-state index in [9.17, 15) is 13.6 Å². The molecule has 6 heteroatoms. The minimum absolute atomic E-state index is 0.205. The van der Waals surface area contributed by atoms with Gasteiger partial charge in [-0.05, 0) is 17.7 Å². The highest BCUT2D eigenvalue weighted by Gasteiger charge is 2.37. The van der Waals surface area contributed by atoms with E-state index >= 15 is 0 Å². The monoisotopic (exact) mass is 239 g/mol. The second kappa shape index (κ2) is 4.83. The Kier molecular flexibility index (Phi) is 3.42. The average Bonchev–Trinajstić information content (AvgIpc) is 2.29. The van der Waals surface area contributed by atoms with Crippen molar-refractivity contribution in [2.45, 2.75) is 12.2 Å². The van der Waals surface area contributed by atoms with Crippen molar-refractivity contribution < 1.29 is 18.2 Å². The first-order valence-electron chi connectivity index (χ1n) is 5.33. The number of nitrogens with zero attached hydrogens (tertiary/aromatic N) is 1. The van der Waals surface area contributed by atoms with Gasteiger partial charge in [0.25, 0.3) is 0 Å². The summed E-state index contributed by atoms with van der Waals surface area (Å²) >= 11 is 0. The van der Waals surface area contributed by atoms with E-state index in [4.69, 9.17) is 4.65 Å². The molecule has 0 saturated carbocycles. The van der Waals surface area contributed by atoms with Gasteiger partial charge in [-0.1, -0.05) is 12.1 Å². The minimum atomic E-state index is -0.900. The van der Waals surface area contributed by atoms with Gasteiger partial charge in [0.05, 0.1) is 0 Å². The molecule has 0 N–H and O–H groups in total. The van der Waals surface area contributed by atoms with Crippen LogP contribution >= 0.6 is 0 Å². The smallest absolute Gasteiger partial charge is 0.326 e. The summed E-state index contributed by atoms with van der Waals surface area (Å²) in [5.74, 6) is -0.826. The lowest BCUT2D eigenvalue weighted by molar-refractivity contribution is -0.143. The molecule has 0 spiro atoms. The zero-order valence-corrected chi connectivity index (χ0v) is 9.40. The van der Waals surface area contributed by atoms with Crippen molar-refractivity contribution >= 4 is 14.0 Å². The fourth-order valence-electron chi connectivity index (χ4n) is 1.92. The molecule has 0 radical (unpaired) electrons. The third-order valence-electron chi connectivity index (χ3n) is 2.84. The van der Waals surface area contributed by atoms with Crippen LogP contribution in [-0.2, 0) is 9.45 Å². The van der Waals surface area contributed by atoms with E-state index in [-0.39, 0.29) is 18.9 Å². The zero-order chi connectivity index (χ0) is 12.4. The van der Waals surface area contributed by atoms with Crippen molar-refractivity contribution in [1.29, 1.82) is 0 Å². The van der Waals surface area contributed by atoms with Gasteiger partial charge in [0.2, 0.25) is 0 Å². The number of likely N-dealkylation sites (tertiary alicyclic amines) is 1. The Labute approximate surface area is 98.8 Å². The molecule has 90 valence electrons. The number of alkyl halides is 1. The highest BCUT2D eigenvalue weighted by molar-refractivity contribution is 6.06. The number of carbonyl (C=O) groups is 1. The fraction of sp³-hybridized carbons (Fsp3) is 0.364. The van der Waals surface area contributed by atoms with Gasteiger partial charge in [-0.2, -0.15) is 0 Å². The highest BCUT2D eigenvalue weighted by Crippen LogP contribution is 2.28. The van der Waals surface area contributed by atoms with E-state index in [0.717, 1.165) is 0 Å². The predicted octanol–water partition coefficient (Wildman–Crippen LogP) is 0.612. The molecule has 0 aromatic heterocycles. The molecule has 1 saturated heterocycles. The Bertz CT molecular complexity index is 406. The van der Waals surface area contributed by atoms with E-state index in [1.165, 1.54) is 32.3 Å². The lowest BCUT2D eigenvalue weighted by Gasteiger charge is -2.39. The maximum Gasteiger partial charge on any atom is 0.326 e. The molecule has 0 aliphatic carbocycles. The molecule has 3 nitrogen and oxygen atoms in total. The molecule has 1 heterocycles. The molecule has 1 unspecified atom stereocenters. The van der Waals surface area contributed by atoms with E-state index in [0.29, 0.717) is 5.56 Å². The Balaban J connectivity index is 2.21. The Morgan fingerprint density at radius 2 is 2.00 bits per heavy atom. The SMILES string of the molecule is BOC(=O)C(c1ccc(F)cc1)N1CC(F)C1. The number of halogens is 2. The summed E-state index contributed by atoms with van der Waals surface area (Å²) in [5, 5.41) is 0. The summed E-state index contributed by atoms with van der Waals surface area (Å²) in [6.45, 7) is 0.411. The number of hydrogen-bond donors (Lipinski definition) is 0. The minimum Gasteiger partial charge on any atom is -0.542 e. The molecule has 1 aliphatic heterocycles. The van der Waals surface area contributed by atoms with Crippen LogP contribution < -0.4 is 0 Å². The average molecular weight is 239 g/mol. The second-order valence-electron chi connectivity index (χ2n) is 4.03. The van der Waals surface area contributed by atoms with Crippen molar-refractivity contribution in [1.82, 2.24) is 4.90 Å². The summed E-state index contributed by atoms with van der Waals surface area (Å²) in [5.41, 5.74) is 0.616. The van der Waals surface area contributed by atoms with Crippen LogP contribution in [0.3, 0.4) is 0 Å². The molecule has 1 aromatic rings. The molecule has 2 rings (SSSR count). The van der Waals surface area contributed by atoms with Gasteiger partial charge in [-0.3, -0.25) is 9.69 Å². The molecule has 1 atom stereocenters. The van der Waals surface area contributed by atoms with E-state index in [1.807, 2.05) is 0 Å². The first-order valence-corrected chi connectivity index (χ1v) is 5.33. The van der Waals surface area contributed by atoms with Crippen LogP contribution in [0.1, 0.15) is 11.6 Å². The van der Waals surface area contributed by atoms with Crippen molar-refractivity contribution in [2.24, 2.45) is 0 Å². The summed E-state index contributed by atoms with van der Waals surface area (Å²) in [4.78, 5) is 13.3. The van der Waals surface area contributed by atoms with Gasteiger partial charge in [-0.15, -0.1) is 0 Å². The van der Waals surface area contributed by atoms with Crippen LogP contribution in [0.5, 0.6) is 0 Å². The van der Waals surface area contributed by atoms with Gasteiger partial charge in [0, 0.05) is 13.1 Å². The van der Waals surface area contributed by atoms with Gasteiger partial charge in [0.15, 0.2) is 0 Å². The van der Waals surface area contributed by atoms with Crippen molar-refractivity contribution in [3.63, 3.8) is 0 Å². The van der Waals surface area contributed by atoms with Crippen LogP contribution in [0.25, 0.3) is 0 Å². The van der Waals surface area contributed by atoms with Gasteiger partial charge in [0.1, 0.15) is 18.0 Å². The van der Waals surface area contributed by atoms with Gasteiger partial charge >= 0.3 is 14.0 Å². The lowest BCUT2D eigenvalue weighted by atomic mass is 10.0. The number of hydrogen-bond acceptors (Lipinski definition) is 3.